The Labute approximate surface area is 189 Å². The lowest BCUT2D eigenvalue weighted by Crippen LogP contribution is -2.13. The number of hydrogen-bond acceptors (Lipinski definition) is 8. The number of allylic oxidation sites excluding steroid dienone is 1. The molecule has 1 aromatic heterocycles. The van der Waals surface area contributed by atoms with Crippen LogP contribution in [0.5, 0.6) is 11.5 Å². The zero-order valence-electron chi connectivity index (χ0n) is 17.5. The van der Waals surface area contributed by atoms with Crippen molar-refractivity contribution in [2.24, 2.45) is 0 Å². The average molecular weight is 455 g/mol. The maximum Gasteiger partial charge on any atom is 0.270 e. The van der Waals surface area contributed by atoms with E-state index in [0.717, 1.165) is 11.3 Å². The zero-order valence-corrected chi connectivity index (χ0v) is 18.3. The number of fused-ring (bicyclic) bond motifs is 1. The molecule has 0 amide bonds. The van der Waals surface area contributed by atoms with E-state index in [1.165, 1.54) is 23.9 Å². The van der Waals surface area contributed by atoms with Gasteiger partial charge in [-0.2, -0.15) is 0 Å². The molecule has 1 aliphatic rings. The molecule has 0 spiro atoms. The van der Waals surface area contributed by atoms with Gasteiger partial charge in [0.15, 0.2) is 17.8 Å². The van der Waals surface area contributed by atoms with Gasteiger partial charge in [-0.15, -0.1) is 16.8 Å². The molecular formula is C22H22N4O5S. The minimum atomic E-state index is -0.413. The molecule has 0 N–H and O–H groups in total. The van der Waals surface area contributed by atoms with Gasteiger partial charge in [0.25, 0.3) is 5.69 Å². The molecule has 0 aliphatic carbocycles. The summed E-state index contributed by atoms with van der Waals surface area (Å²) in [6.45, 7) is 7.00. The number of nitrogens with zero attached hydrogens (tertiary/aromatic N) is 4. The highest BCUT2D eigenvalue weighted by Crippen LogP contribution is 2.36. The zero-order chi connectivity index (χ0) is 22.5. The van der Waals surface area contributed by atoms with E-state index in [0.29, 0.717) is 40.2 Å². The predicted molar refractivity (Wildman–Crippen MR) is 119 cm³/mol. The number of aromatic nitrogens is 3. The number of hydrogen-bond donors (Lipinski definition) is 0. The smallest absolute Gasteiger partial charge is 0.270 e. The maximum absolute atomic E-state index is 11.3. The van der Waals surface area contributed by atoms with E-state index in [-0.39, 0.29) is 25.7 Å². The number of nitro groups is 1. The van der Waals surface area contributed by atoms with E-state index in [2.05, 4.69) is 16.8 Å². The number of non-ortho nitro benzene ring substituents is 1. The monoisotopic (exact) mass is 454 g/mol. The van der Waals surface area contributed by atoms with Crippen molar-refractivity contribution in [3.63, 3.8) is 0 Å². The van der Waals surface area contributed by atoms with Crippen molar-refractivity contribution in [3.05, 3.63) is 81.7 Å². The van der Waals surface area contributed by atoms with Gasteiger partial charge in [0, 0.05) is 35.6 Å². The Morgan fingerprint density at radius 2 is 2.22 bits per heavy atom. The second-order valence-electron chi connectivity index (χ2n) is 7.15. The van der Waals surface area contributed by atoms with Gasteiger partial charge in [-0.1, -0.05) is 30.0 Å². The first kappa shape index (κ1) is 21.8. The molecule has 10 heteroatoms. The molecule has 0 fully saturated rings. The van der Waals surface area contributed by atoms with Crippen molar-refractivity contribution in [3.8, 4) is 11.5 Å². The van der Waals surface area contributed by atoms with Gasteiger partial charge < -0.3 is 14.2 Å². The summed E-state index contributed by atoms with van der Waals surface area (Å²) in [5.41, 5.74) is 2.50. The normalized spacial score (nSPS) is 12.7. The summed E-state index contributed by atoms with van der Waals surface area (Å²) in [6.07, 6.45) is 1.76. The quantitative estimate of drug-likeness (QED) is 0.203. The first-order valence-electron chi connectivity index (χ1n) is 9.91. The molecule has 0 saturated heterocycles. The average Bonchev–Trinajstić information content (AvgIpc) is 3.17. The number of thioether (sulfide) groups is 1. The van der Waals surface area contributed by atoms with Crippen LogP contribution in [0.15, 0.2) is 54.2 Å². The fourth-order valence-corrected chi connectivity index (χ4v) is 4.27. The second kappa shape index (κ2) is 9.84. The molecule has 9 nitrogen and oxygen atoms in total. The van der Waals surface area contributed by atoms with E-state index in [4.69, 9.17) is 14.2 Å². The maximum atomic E-state index is 11.3. The molecule has 166 valence electrons. The molecule has 2 aromatic carbocycles. The summed E-state index contributed by atoms with van der Waals surface area (Å²) in [4.78, 5) is 10.9. The highest BCUT2D eigenvalue weighted by atomic mass is 32.2. The van der Waals surface area contributed by atoms with E-state index in [9.17, 15) is 10.1 Å². The van der Waals surface area contributed by atoms with Crippen molar-refractivity contribution in [1.82, 2.24) is 14.8 Å². The number of ether oxygens (including phenoxy) is 3. The van der Waals surface area contributed by atoms with Crippen molar-refractivity contribution in [1.29, 1.82) is 0 Å². The lowest BCUT2D eigenvalue weighted by atomic mass is 10.1. The molecule has 0 unspecified atom stereocenters. The first-order valence-corrected chi connectivity index (χ1v) is 10.9. The molecular weight excluding hydrogens is 432 g/mol. The van der Waals surface area contributed by atoms with Crippen LogP contribution in [0.1, 0.15) is 22.5 Å². The highest BCUT2D eigenvalue weighted by Gasteiger charge is 2.22. The van der Waals surface area contributed by atoms with E-state index in [1.807, 2.05) is 35.8 Å². The van der Waals surface area contributed by atoms with E-state index >= 15 is 0 Å². The topological polar surface area (TPSA) is 102 Å². The standard InChI is InChI=1S/C22H22N4O5S/c1-3-7-25-20(12-30-19-6-4-5-15(2)8-19)23-24-22(25)32-13-17-10-18(26(27)28)9-16-11-29-14-31-21(16)17/h3-6,8-10H,1,7,11-14H2,2H3. The third-order valence-electron chi connectivity index (χ3n) is 4.80. The molecule has 3 aromatic rings. The number of nitro benzene ring substituents is 1. The van der Waals surface area contributed by atoms with Gasteiger partial charge in [0.1, 0.15) is 18.1 Å². The van der Waals surface area contributed by atoms with Gasteiger partial charge in [-0.25, -0.2) is 0 Å². The summed E-state index contributed by atoms with van der Waals surface area (Å²) in [7, 11) is 0. The minimum absolute atomic E-state index is 0.00764. The Morgan fingerprint density at radius 1 is 1.34 bits per heavy atom. The summed E-state index contributed by atoms with van der Waals surface area (Å²) >= 11 is 1.42. The van der Waals surface area contributed by atoms with Gasteiger partial charge in [-0.3, -0.25) is 14.7 Å². The molecule has 2 heterocycles. The summed E-state index contributed by atoms with van der Waals surface area (Å²) in [5.74, 6) is 2.49. The minimum Gasteiger partial charge on any atom is -0.486 e. The third kappa shape index (κ3) is 4.92. The Bertz CT molecular complexity index is 1150. The Balaban J connectivity index is 1.53. The van der Waals surface area contributed by atoms with Crippen molar-refractivity contribution in [2.75, 3.05) is 6.79 Å². The van der Waals surface area contributed by atoms with Crippen LogP contribution < -0.4 is 9.47 Å². The van der Waals surface area contributed by atoms with E-state index < -0.39 is 4.92 Å². The summed E-state index contributed by atoms with van der Waals surface area (Å²) < 4.78 is 18.7. The number of aryl methyl sites for hydroxylation is 1. The van der Waals surface area contributed by atoms with Crippen molar-refractivity contribution < 1.29 is 19.1 Å². The lowest BCUT2D eigenvalue weighted by Gasteiger charge is -2.20. The van der Waals surface area contributed by atoms with Crippen molar-refractivity contribution in [2.45, 2.75) is 37.6 Å². The first-order chi connectivity index (χ1) is 15.5. The predicted octanol–water partition coefficient (Wildman–Crippen LogP) is 4.42. The van der Waals surface area contributed by atoms with Crippen molar-refractivity contribution >= 4 is 17.4 Å². The largest absolute Gasteiger partial charge is 0.486 e. The fourth-order valence-electron chi connectivity index (χ4n) is 3.33. The van der Waals surface area contributed by atoms with Crippen LogP contribution in [0, 0.1) is 17.0 Å². The van der Waals surface area contributed by atoms with Gasteiger partial charge >= 0.3 is 0 Å². The van der Waals surface area contributed by atoms with Gasteiger partial charge in [0.05, 0.1) is 11.5 Å². The highest BCUT2D eigenvalue weighted by molar-refractivity contribution is 7.98. The molecule has 0 saturated carbocycles. The van der Waals surface area contributed by atoms with Crippen LogP contribution in [-0.2, 0) is 30.2 Å². The Hall–Kier alpha value is -3.37. The van der Waals surface area contributed by atoms with E-state index in [1.54, 1.807) is 6.08 Å². The Kier molecular flexibility index (Phi) is 6.72. The van der Waals surface area contributed by atoms with Crippen LogP contribution in [-0.4, -0.2) is 26.5 Å². The van der Waals surface area contributed by atoms with Crippen LogP contribution in [0.25, 0.3) is 0 Å². The van der Waals surface area contributed by atoms with Crippen LogP contribution in [0.3, 0.4) is 0 Å². The summed E-state index contributed by atoms with van der Waals surface area (Å²) in [6, 6.07) is 10.8. The molecule has 1 aliphatic heterocycles. The number of benzene rings is 2. The Morgan fingerprint density at radius 3 is 3.00 bits per heavy atom. The van der Waals surface area contributed by atoms with Gasteiger partial charge in [-0.05, 0) is 24.6 Å². The number of rotatable bonds is 9. The SMILES string of the molecule is C=CCn1c(COc2cccc(C)c2)nnc1SCc1cc([N+](=O)[O-])cc2c1OCOC2. The molecule has 32 heavy (non-hydrogen) atoms. The second-order valence-corrected chi connectivity index (χ2v) is 8.10. The molecule has 0 bridgehead atoms. The fraction of sp³-hybridized carbons (Fsp3) is 0.273. The molecule has 4 rings (SSSR count). The molecule has 0 atom stereocenters. The van der Waals surface area contributed by atoms with Crippen LogP contribution in [0.4, 0.5) is 5.69 Å². The van der Waals surface area contributed by atoms with Crippen LogP contribution >= 0.6 is 11.8 Å². The van der Waals surface area contributed by atoms with Gasteiger partial charge in [0.2, 0.25) is 0 Å². The third-order valence-corrected chi connectivity index (χ3v) is 5.82. The van der Waals surface area contributed by atoms with Crippen LogP contribution in [0.2, 0.25) is 0 Å². The molecule has 0 radical (unpaired) electrons. The summed E-state index contributed by atoms with van der Waals surface area (Å²) in [5, 5.41) is 20.6. The lowest BCUT2D eigenvalue weighted by molar-refractivity contribution is -0.385.